The molecule has 0 unspecified atom stereocenters. The highest BCUT2D eigenvalue weighted by Gasteiger charge is 2.35. The molecule has 1 aromatic heterocycles. The first-order valence-electron chi connectivity index (χ1n) is 10.9. The molecule has 0 saturated carbocycles. The largest absolute Gasteiger partial charge is 0.355 e. The SMILES string of the molecule is CNC(=O)c1cccc(-c2noc(C3CN(CC(=O)N4CCCc5ccccc54)C3)n2)c1. The highest BCUT2D eigenvalue weighted by molar-refractivity contribution is 5.96. The Bertz CT molecular complexity index is 1150. The van der Waals surface area contributed by atoms with Crippen molar-refractivity contribution >= 4 is 17.5 Å². The number of fused-ring (bicyclic) bond motifs is 1. The molecule has 2 aliphatic rings. The molecule has 1 N–H and O–H groups in total. The van der Waals surface area contributed by atoms with E-state index in [1.54, 1.807) is 25.2 Å². The number of likely N-dealkylation sites (tertiary alicyclic amines) is 1. The van der Waals surface area contributed by atoms with Crippen LogP contribution in [-0.2, 0) is 11.2 Å². The Labute approximate surface area is 186 Å². The van der Waals surface area contributed by atoms with Gasteiger partial charge in [0.05, 0.1) is 12.5 Å². The van der Waals surface area contributed by atoms with Crippen LogP contribution in [0.3, 0.4) is 0 Å². The highest BCUT2D eigenvalue weighted by Crippen LogP contribution is 2.30. The number of nitrogens with one attached hydrogen (secondary N) is 1. The number of para-hydroxylation sites is 1. The minimum Gasteiger partial charge on any atom is -0.355 e. The number of aryl methyl sites for hydroxylation is 1. The van der Waals surface area contributed by atoms with Crippen LogP contribution in [0.2, 0.25) is 0 Å². The van der Waals surface area contributed by atoms with E-state index >= 15 is 0 Å². The van der Waals surface area contributed by atoms with Crippen LogP contribution in [0.4, 0.5) is 5.69 Å². The summed E-state index contributed by atoms with van der Waals surface area (Å²) in [6.07, 6.45) is 2.02. The number of hydrogen-bond acceptors (Lipinski definition) is 6. The molecule has 164 valence electrons. The van der Waals surface area contributed by atoms with Crippen LogP contribution in [-0.4, -0.2) is 60.1 Å². The van der Waals surface area contributed by atoms with Crippen molar-refractivity contribution < 1.29 is 14.1 Å². The predicted octanol–water partition coefficient (Wildman–Crippen LogP) is 2.47. The Hall–Kier alpha value is -3.52. The smallest absolute Gasteiger partial charge is 0.251 e. The second-order valence-corrected chi connectivity index (χ2v) is 8.28. The van der Waals surface area contributed by atoms with Crippen molar-refractivity contribution in [1.82, 2.24) is 20.4 Å². The van der Waals surface area contributed by atoms with Crippen molar-refractivity contribution in [3.05, 3.63) is 65.5 Å². The number of hydrogen-bond donors (Lipinski definition) is 1. The number of anilines is 1. The van der Waals surface area contributed by atoms with E-state index in [1.807, 2.05) is 29.2 Å². The minimum absolute atomic E-state index is 0.111. The zero-order valence-electron chi connectivity index (χ0n) is 18.0. The summed E-state index contributed by atoms with van der Waals surface area (Å²) in [4.78, 5) is 33.3. The monoisotopic (exact) mass is 431 g/mol. The molecule has 3 heterocycles. The van der Waals surface area contributed by atoms with Crippen molar-refractivity contribution in [2.24, 2.45) is 0 Å². The van der Waals surface area contributed by atoms with Crippen molar-refractivity contribution in [1.29, 1.82) is 0 Å². The van der Waals surface area contributed by atoms with Crippen LogP contribution in [0.15, 0.2) is 53.1 Å². The number of benzene rings is 2. The maximum Gasteiger partial charge on any atom is 0.251 e. The Morgan fingerprint density at radius 3 is 2.84 bits per heavy atom. The molecule has 2 aliphatic heterocycles. The van der Waals surface area contributed by atoms with Crippen molar-refractivity contribution in [3.63, 3.8) is 0 Å². The summed E-state index contributed by atoms with van der Waals surface area (Å²) < 4.78 is 5.48. The average molecular weight is 431 g/mol. The predicted molar refractivity (Wildman–Crippen MR) is 119 cm³/mol. The van der Waals surface area contributed by atoms with Crippen molar-refractivity contribution in [2.45, 2.75) is 18.8 Å². The number of amides is 2. The lowest BCUT2D eigenvalue weighted by Gasteiger charge is -2.38. The van der Waals surface area contributed by atoms with Crippen LogP contribution in [0.1, 0.15) is 34.2 Å². The first kappa shape index (κ1) is 20.4. The van der Waals surface area contributed by atoms with E-state index in [4.69, 9.17) is 4.52 Å². The third-order valence-electron chi connectivity index (χ3n) is 6.13. The quantitative estimate of drug-likeness (QED) is 0.667. The molecule has 0 radical (unpaired) electrons. The van der Waals surface area contributed by atoms with Gasteiger partial charge in [-0.2, -0.15) is 4.98 Å². The molecule has 8 nitrogen and oxygen atoms in total. The van der Waals surface area contributed by atoms with Gasteiger partial charge in [-0.15, -0.1) is 0 Å². The van der Waals surface area contributed by atoms with Gasteiger partial charge in [0.1, 0.15) is 0 Å². The Morgan fingerprint density at radius 2 is 2.00 bits per heavy atom. The fourth-order valence-corrected chi connectivity index (χ4v) is 4.39. The number of rotatable bonds is 5. The van der Waals surface area contributed by atoms with Gasteiger partial charge in [0.25, 0.3) is 5.91 Å². The fourth-order valence-electron chi connectivity index (χ4n) is 4.39. The van der Waals surface area contributed by atoms with Gasteiger partial charge in [0, 0.05) is 43.5 Å². The Balaban J connectivity index is 1.20. The standard InChI is InChI=1S/C24H25N5O3/c1-25-23(31)18-8-4-7-17(12-18)22-26-24(32-27-22)19-13-28(14-19)15-21(30)29-11-5-9-16-6-2-3-10-20(16)29/h2-4,6-8,10,12,19H,5,9,11,13-15H2,1H3,(H,25,31). The number of carbonyl (C=O) groups is 2. The fraction of sp³-hybridized carbons (Fsp3) is 0.333. The van der Waals surface area contributed by atoms with E-state index in [0.29, 0.717) is 36.9 Å². The molecule has 1 saturated heterocycles. The van der Waals surface area contributed by atoms with Gasteiger partial charge in [-0.05, 0) is 36.6 Å². The maximum absolute atomic E-state index is 12.9. The minimum atomic E-state index is -0.161. The molecule has 0 bridgehead atoms. The molecule has 0 aliphatic carbocycles. The maximum atomic E-state index is 12.9. The summed E-state index contributed by atoms with van der Waals surface area (Å²) in [7, 11) is 1.60. The van der Waals surface area contributed by atoms with Crippen molar-refractivity contribution in [2.75, 3.05) is 38.1 Å². The first-order chi connectivity index (χ1) is 15.6. The lowest BCUT2D eigenvalue weighted by Crippen LogP contribution is -2.51. The van der Waals surface area contributed by atoms with Gasteiger partial charge in [0.15, 0.2) is 0 Å². The van der Waals surface area contributed by atoms with Crippen LogP contribution in [0, 0.1) is 0 Å². The summed E-state index contributed by atoms with van der Waals surface area (Å²) in [5.74, 6) is 1.11. The molecule has 32 heavy (non-hydrogen) atoms. The molecule has 8 heteroatoms. The zero-order valence-corrected chi connectivity index (χ0v) is 18.0. The van der Waals surface area contributed by atoms with Gasteiger partial charge < -0.3 is 14.7 Å². The number of aromatic nitrogens is 2. The molecule has 2 aromatic carbocycles. The summed E-state index contributed by atoms with van der Waals surface area (Å²) in [5, 5.41) is 6.70. The van der Waals surface area contributed by atoms with Crippen molar-refractivity contribution in [3.8, 4) is 11.4 Å². The molecule has 3 aromatic rings. The van der Waals surface area contributed by atoms with Gasteiger partial charge in [-0.1, -0.05) is 35.5 Å². The van der Waals surface area contributed by atoms with E-state index in [-0.39, 0.29) is 17.7 Å². The topological polar surface area (TPSA) is 91.6 Å². The molecular weight excluding hydrogens is 406 g/mol. The normalized spacial score (nSPS) is 16.3. The van der Waals surface area contributed by atoms with Gasteiger partial charge in [0.2, 0.25) is 17.6 Å². The highest BCUT2D eigenvalue weighted by atomic mass is 16.5. The van der Waals surface area contributed by atoms with E-state index < -0.39 is 0 Å². The van der Waals surface area contributed by atoms with Gasteiger partial charge in [-0.3, -0.25) is 14.5 Å². The molecule has 2 amide bonds. The van der Waals surface area contributed by atoms with Crippen LogP contribution in [0.5, 0.6) is 0 Å². The molecule has 5 rings (SSSR count). The summed E-state index contributed by atoms with van der Waals surface area (Å²) >= 11 is 0. The van der Waals surface area contributed by atoms with Crippen LogP contribution in [0.25, 0.3) is 11.4 Å². The van der Waals surface area contributed by atoms with Crippen LogP contribution < -0.4 is 10.2 Å². The zero-order chi connectivity index (χ0) is 22.1. The Morgan fingerprint density at radius 1 is 1.16 bits per heavy atom. The third-order valence-corrected chi connectivity index (χ3v) is 6.13. The summed E-state index contributed by atoms with van der Waals surface area (Å²) in [6, 6.07) is 15.3. The summed E-state index contributed by atoms with van der Waals surface area (Å²) in [6.45, 7) is 2.58. The molecule has 1 fully saturated rings. The molecule has 0 spiro atoms. The second-order valence-electron chi connectivity index (χ2n) is 8.28. The lowest BCUT2D eigenvalue weighted by atomic mass is 9.99. The van der Waals surface area contributed by atoms with E-state index in [0.717, 1.165) is 30.6 Å². The number of carbonyl (C=O) groups excluding carboxylic acids is 2. The van der Waals surface area contributed by atoms with Gasteiger partial charge >= 0.3 is 0 Å². The molecule has 0 atom stereocenters. The first-order valence-corrected chi connectivity index (χ1v) is 10.9. The van der Waals surface area contributed by atoms with Gasteiger partial charge in [-0.25, -0.2) is 0 Å². The van der Waals surface area contributed by atoms with Crippen LogP contribution >= 0.6 is 0 Å². The average Bonchev–Trinajstić information content (AvgIpc) is 3.30. The van der Waals surface area contributed by atoms with E-state index in [1.165, 1.54) is 5.56 Å². The second kappa shape index (κ2) is 8.55. The van der Waals surface area contributed by atoms with E-state index in [2.05, 4.69) is 26.4 Å². The molecular formula is C24H25N5O3. The third kappa shape index (κ3) is 3.89. The van der Waals surface area contributed by atoms with E-state index in [9.17, 15) is 9.59 Å². The summed E-state index contributed by atoms with van der Waals surface area (Å²) in [5.41, 5.74) is 3.56. The number of nitrogens with zero attached hydrogens (tertiary/aromatic N) is 4. The lowest BCUT2D eigenvalue weighted by molar-refractivity contribution is -0.121. The Kier molecular flexibility index (Phi) is 5.45.